The van der Waals surface area contributed by atoms with E-state index in [1.54, 1.807) is 0 Å². The minimum absolute atomic E-state index is 0.112. The first-order valence-corrected chi connectivity index (χ1v) is 8.23. The number of carbonyl (C=O) groups is 1. The Bertz CT molecular complexity index is 726. The summed E-state index contributed by atoms with van der Waals surface area (Å²) in [5.74, 6) is -0.303. The molecule has 1 atom stereocenters. The molecule has 2 aromatic carbocycles. The average Bonchev–Trinajstić information content (AvgIpc) is 2.49. The lowest BCUT2D eigenvalue weighted by atomic mass is 9.86. The Labute approximate surface area is 144 Å². The van der Waals surface area contributed by atoms with Crippen molar-refractivity contribution in [2.75, 3.05) is 0 Å². The number of rotatable bonds is 5. The van der Waals surface area contributed by atoms with Gasteiger partial charge in [0.05, 0.1) is 0 Å². The molecular weight excluding hydrogens is 300 g/mol. The molecule has 0 aliphatic heterocycles. The largest absolute Gasteiger partial charge is 0.478 e. The monoisotopic (exact) mass is 326 g/mol. The fourth-order valence-electron chi connectivity index (χ4n) is 2.74. The second-order valence-electron chi connectivity index (χ2n) is 7.32. The molecule has 24 heavy (non-hydrogen) atoms. The lowest BCUT2D eigenvalue weighted by molar-refractivity contribution is -0.145. The van der Waals surface area contributed by atoms with Crippen LogP contribution < -0.4 is 4.74 Å². The molecule has 128 valence electrons. The number of aryl methyl sites for hydroxylation is 2. The van der Waals surface area contributed by atoms with Crippen LogP contribution in [0.1, 0.15) is 43.0 Å². The van der Waals surface area contributed by atoms with E-state index in [4.69, 9.17) is 4.74 Å². The minimum Gasteiger partial charge on any atom is -0.478 e. The Balaban J connectivity index is 2.31. The smallest absolute Gasteiger partial charge is 0.345 e. The van der Waals surface area contributed by atoms with Crippen LogP contribution in [0.25, 0.3) is 0 Å². The Morgan fingerprint density at radius 1 is 1.12 bits per heavy atom. The third-order valence-electron chi connectivity index (χ3n) is 4.15. The molecule has 0 bridgehead atoms. The first kappa shape index (κ1) is 18.1. The van der Waals surface area contributed by atoms with Crippen molar-refractivity contribution in [3.63, 3.8) is 0 Å². The molecular formula is C21H26O3. The maximum atomic E-state index is 11.7. The van der Waals surface area contributed by atoms with Gasteiger partial charge in [-0.1, -0.05) is 62.7 Å². The second kappa shape index (κ2) is 7.08. The predicted octanol–water partition coefficient (Wildman–Crippen LogP) is 4.68. The summed E-state index contributed by atoms with van der Waals surface area (Å²) >= 11 is 0. The normalized spacial score (nSPS) is 12.7. The standard InChI is InChI=1S/C21H26O3/c1-14-10-11-15(2)16(12-14)13-19(20(22)23)24-18-9-7-6-8-17(18)21(3,4)5/h6-12,19H,13H2,1-5H3,(H,22,23). The number of hydrogen-bond donors (Lipinski definition) is 1. The molecule has 3 heteroatoms. The van der Waals surface area contributed by atoms with Gasteiger partial charge in [0.2, 0.25) is 0 Å². The van der Waals surface area contributed by atoms with Crippen molar-refractivity contribution in [2.24, 2.45) is 0 Å². The van der Waals surface area contributed by atoms with Crippen LogP contribution in [0.3, 0.4) is 0 Å². The molecule has 0 radical (unpaired) electrons. The second-order valence-corrected chi connectivity index (χ2v) is 7.32. The van der Waals surface area contributed by atoms with Crippen molar-refractivity contribution >= 4 is 5.97 Å². The highest BCUT2D eigenvalue weighted by Gasteiger charge is 2.25. The summed E-state index contributed by atoms with van der Waals surface area (Å²) in [6.07, 6.45) is -0.560. The fourth-order valence-corrected chi connectivity index (χ4v) is 2.74. The highest BCUT2D eigenvalue weighted by molar-refractivity contribution is 5.73. The maximum Gasteiger partial charge on any atom is 0.345 e. The summed E-state index contributed by atoms with van der Waals surface area (Å²) in [5, 5.41) is 9.62. The first-order chi connectivity index (χ1) is 11.2. The van der Waals surface area contributed by atoms with Crippen LogP contribution in [0.2, 0.25) is 0 Å². The van der Waals surface area contributed by atoms with Gasteiger partial charge in [-0.2, -0.15) is 0 Å². The van der Waals surface area contributed by atoms with E-state index in [1.807, 2.05) is 56.3 Å². The summed E-state index contributed by atoms with van der Waals surface area (Å²) in [7, 11) is 0. The Morgan fingerprint density at radius 2 is 1.79 bits per heavy atom. The lowest BCUT2D eigenvalue weighted by Gasteiger charge is -2.25. The van der Waals surface area contributed by atoms with Crippen molar-refractivity contribution in [3.8, 4) is 5.75 Å². The number of carboxylic acids is 1. The van der Waals surface area contributed by atoms with Crippen molar-refractivity contribution in [1.82, 2.24) is 0 Å². The van der Waals surface area contributed by atoms with Crippen LogP contribution in [-0.4, -0.2) is 17.2 Å². The zero-order chi connectivity index (χ0) is 17.9. The predicted molar refractivity (Wildman–Crippen MR) is 96.8 cm³/mol. The van der Waals surface area contributed by atoms with Gasteiger partial charge in [-0.05, 0) is 42.0 Å². The number of carboxylic acid groups (broad SMARTS) is 1. The molecule has 0 saturated heterocycles. The summed E-state index contributed by atoms with van der Waals surface area (Å²) in [6, 6.07) is 13.8. The van der Waals surface area contributed by atoms with Gasteiger partial charge in [-0.15, -0.1) is 0 Å². The molecule has 0 aliphatic carbocycles. The van der Waals surface area contributed by atoms with Crippen LogP contribution in [0.4, 0.5) is 0 Å². The van der Waals surface area contributed by atoms with Gasteiger partial charge in [0.25, 0.3) is 0 Å². The van der Waals surface area contributed by atoms with Gasteiger partial charge >= 0.3 is 5.97 Å². The van der Waals surface area contributed by atoms with E-state index in [9.17, 15) is 9.90 Å². The van der Waals surface area contributed by atoms with E-state index >= 15 is 0 Å². The number of ether oxygens (including phenoxy) is 1. The van der Waals surface area contributed by atoms with E-state index in [-0.39, 0.29) is 5.41 Å². The molecule has 0 fully saturated rings. The van der Waals surface area contributed by atoms with Crippen molar-refractivity contribution in [1.29, 1.82) is 0 Å². The Kier molecular flexibility index (Phi) is 5.33. The topological polar surface area (TPSA) is 46.5 Å². The molecule has 0 amide bonds. The van der Waals surface area contributed by atoms with Gasteiger partial charge in [0.15, 0.2) is 6.10 Å². The Morgan fingerprint density at radius 3 is 2.42 bits per heavy atom. The van der Waals surface area contributed by atoms with Gasteiger partial charge in [0.1, 0.15) is 5.75 Å². The third kappa shape index (κ3) is 4.38. The number of hydrogen-bond acceptors (Lipinski definition) is 2. The highest BCUT2D eigenvalue weighted by atomic mass is 16.5. The van der Waals surface area contributed by atoms with Crippen LogP contribution in [-0.2, 0) is 16.6 Å². The summed E-state index contributed by atoms with van der Waals surface area (Å²) in [4.78, 5) is 11.7. The SMILES string of the molecule is Cc1ccc(C)c(CC(Oc2ccccc2C(C)(C)C)C(=O)O)c1. The van der Waals surface area contributed by atoms with Gasteiger partial charge in [0, 0.05) is 6.42 Å². The summed E-state index contributed by atoms with van der Waals surface area (Å²) < 4.78 is 5.93. The van der Waals surface area contributed by atoms with Crippen LogP contribution >= 0.6 is 0 Å². The molecule has 0 aromatic heterocycles. The summed E-state index contributed by atoms with van der Waals surface area (Å²) in [6.45, 7) is 10.3. The molecule has 0 saturated carbocycles. The molecule has 2 aromatic rings. The zero-order valence-electron chi connectivity index (χ0n) is 15.1. The number of benzene rings is 2. The minimum atomic E-state index is -0.945. The number of aliphatic carboxylic acids is 1. The third-order valence-corrected chi connectivity index (χ3v) is 4.15. The van der Waals surface area contributed by atoms with Gasteiger partial charge in [-0.25, -0.2) is 4.79 Å². The molecule has 0 spiro atoms. The lowest BCUT2D eigenvalue weighted by Crippen LogP contribution is -2.30. The average molecular weight is 326 g/mol. The zero-order valence-corrected chi connectivity index (χ0v) is 15.1. The van der Waals surface area contributed by atoms with E-state index < -0.39 is 12.1 Å². The van der Waals surface area contributed by atoms with E-state index in [2.05, 4.69) is 20.8 Å². The van der Waals surface area contributed by atoms with Crippen LogP contribution in [0.5, 0.6) is 5.75 Å². The van der Waals surface area contributed by atoms with Crippen LogP contribution in [0.15, 0.2) is 42.5 Å². The maximum absolute atomic E-state index is 11.7. The molecule has 0 heterocycles. The molecule has 2 rings (SSSR count). The number of para-hydroxylation sites is 1. The quantitative estimate of drug-likeness (QED) is 0.868. The van der Waals surface area contributed by atoms with Crippen molar-refractivity contribution in [2.45, 2.75) is 52.6 Å². The van der Waals surface area contributed by atoms with Gasteiger partial charge in [-0.3, -0.25) is 0 Å². The molecule has 0 aliphatic rings. The summed E-state index contributed by atoms with van der Waals surface area (Å²) in [5.41, 5.74) is 4.11. The van der Waals surface area contributed by atoms with E-state index in [0.717, 1.165) is 22.3 Å². The van der Waals surface area contributed by atoms with Crippen molar-refractivity contribution in [3.05, 3.63) is 64.7 Å². The molecule has 3 nitrogen and oxygen atoms in total. The van der Waals surface area contributed by atoms with E-state index in [0.29, 0.717) is 12.2 Å². The van der Waals surface area contributed by atoms with Crippen LogP contribution in [0, 0.1) is 13.8 Å². The van der Waals surface area contributed by atoms with E-state index in [1.165, 1.54) is 0 Å². The Hall–Kier alpha value is -2.29. The van der Waals surface area contributed by atoms with Gasteiger partial charge < -0.3 is 9.84 Å². The van der Waals surface area contributed by atoms with Crippen molar-refractivity contribution < 1.29 is 14.6 Å². The fraction of sp³-hybridized carbons (Fsp3) is 0.381. The molecule has 1 N–H and O–H groups in total. The molecule has 1 unspecified atom stereocenters. The first-order valence-electron chi connectivity index (χ1n) is 8.23. The highest BCUT2D eigenvalue weighted by Crippen LogP contribution is 2.32.